The van der Waals surface area contributed by atoms with Gasteiger partial charge < -0.3 is 4.90 Å². The van der Waals surface area contributed by atoms with Crippen molar-refractivity contribution in [3.05, 3.63) is 58.6 Å². The monoisotopic (exact) mass is 420 g/mol. The number of hydrogen-bond acceptors (Lipinski definition) is 3. The highest BCUT2D eigenvalue weighted by atomic mass is 35.5. The van der Waals surface area contributed by atoms with Crippen molar-refractivity contribution < 1.29 is 13.2 Å². The molecular weight excluding hydrogens is 396 g/mol. The van der Waals surface area contributed by atoms with Gasteiger partial charge in [0.2, 0.25) is 10.0 Å². The minimum absolute atomic E-state index is 0.108. The Kier molecular flexibility index (Phi) is 6.43. The van der Waals surface area contributed by atoms with E-state index in [1.54, 1.807) is 47.4 Å². The molecule has 0 aromatic heterocycles. The van der Waals surface area contributed by atoms with Crippen LogP contribution < -0.4 is 9.62 Å². The zero-order chi connectivity index (χ0) is 20.3. The van der Waals surface area contributed by atoms with E-state index in [-0.39, 0.29) is 16.8 Å². The maximum atomic E-state index is 12.9. The van der Waals surface area contributed by atoms with Gasteiger partial charge >= 0.3 is 0 Å². The van der Waals surface area contributed by atoms with Crippen LogP contribution in [0.4, 0.5) is 5.69 Å². The fraction of sp³-hybridized carbons (Fsp3) is 0.381. The Bertz CT molecular complexity index is 958. The molecule has 0 saturated carbocycles. The van der Waals surface area contributed by atoms with E-state index in [0.29, 0.717) is 17.1 Å². The smallest absolute Gasteiger partial charge is 0.258 e. The number of aryl methyl sites for hydroxylation is 1. The van der Waals surface area contributed by atoms with E-state index in [1.807, 2.05) is 13.8 Å². The molecule has 0 spiro atoms. The largest absolute Gasteiger partial charge is 0.308 e. The van der Waals surface area contributed by atoms with Gasteiger partial charge in [0.1, 0.15) is 0 Å². The fourth-order valence-electron chi connectivity index (χ4n) is 3.52. The summed E-state index contributed by atoms with van der Waals surface area (Å²) in [4.78, 5) is 14.9. The lowest BCUT2D eigenvalue weighted by molar-refractivity contribution is 0.0985. The van der Waals surface area contributed by atoms with E-state index in [1.165, 1.54) is 0 Å². The third-order valence-corrected chi connectivity index (χ3v) is 6.73. The first kappa shape index (κ1) is 20.8. The second-order valence-electron chi connectivity index (χ2n) is 7.17. The van der Waals surface area contributed by atoms with Gasteiger partial charge in [0.25, 0.3) is 5.91 Å². The van der Waals surface area contributed by atoms with Gasteiger partial charge in [-0.3, -0.25) is 4.79 Å². The summed E-state index contributed by atoms with van der Waals surface area (Å²) in [5.74, 6) is -0.108. The summed E-state index contributed by atoms with van der Waals surface area (Å²) in [7, 11) is -3.58. The highest BCUT2D eigenvalue weighted by Gasteiger charge is 2.26. The molecule has 150 valence electrons. The number of amides is 1. The van der Waals surface area contributed by atoms with Crippen molar-refractivity contribution in [2.45, 2.75) is 50.5 Å². The first-order valence-electron chi connectivity index (χ1n) is 9.54. The van der Waals surface area contributed by atoms with Crippen LogP contribution in [-0.2, 0) is 16.4 Å². The summed E-state index contributed by atoms with van der Waals surface area (Å²) in [5.41, 5.74) is 2.20. The number of rotatable bonds is 6. The molecule has 28 heavy (non-hydrogen) atoms. The Hall–Kier alpha value is -1.89. The molecule has 1 unspecified atom stereocenters. The van der Waals surface area contributed by atoms with Gasteiger partial charge in [-0.2, -0.15) is 0 Å². The Morgan fingerprint density at radius 3 is 2.61 bits per heavy atom. The summed E-state index contributed by atoms with van der Waals surface area (Å²) >= 11 is 5.91. The van der Waals surface area contributed by atoms with Gasteiger partial charge in [-0.25, -0.2) is 13.1 Å². The summed E-state index contributed by atoms with van der Waals surface area (Å²) in [6, 6.07) is 11.7. The van der Waals surface area contributed by atoms with E-state index >= 15 is 0 Å². The Morgan fingerprint density at radius 2 is 1.93 bits per heavy atom. The van der Waals surface area contributed by atoms with E-state index < -0.39 is 10.0 Å². The van der Waals surface area contributed by atoms with Gasteiger partial charge in [-0.05, 0) is 74.2 Å². The number of benzene rings is 2. The van der Waals surface area contributed by atoms with Gasteiger partial charge in [0, 0.05) is 28.9 Å². The summed E-state index contributed by atoms with van der Waals surface area (Å²) in [5, 5.41) is 0.579. The summed E-state index contributed by atoms with van der Waals surface area (Å²) in [6.07, 6.45) is 3.23. The quantitative estimate of drug-likeness (QED) is 0.753. The molecular formula is C21H25ClN2O3S. The van der Waals surface area contributed by atoms with Crippen LogP contribution in [0.15, 0.2) is 47.4 Å². The van der Waals surface area contributed by atoms with Gasteiger partial charge in [-0.15, -0.1) is 0 Å². The summed E-state index contributed by atoms with van der Waals surface area (Å²) in [6.45, 7) is 4.49. The number of nitrogens with zero attached hydrogens (tertiary/aromatic N) is 1. The standard InChI is InChI=1S/C21H25ClN2O3S/c1-3-5-15(2)23-28(26,27)19-11-12-20-17(14-19)6-4-13-24(20)21(25)16-7-9-18(22)10-8-16/h7-12,14-15,23H,3-6,13H2,1-2H3. The predicted octanol–water partition coefficient (Wildman–Crippen LogP) is 4.40. The Balaban J connectivity index is 1.87. The van der Waals surface area contributed by atoms with Crippen LogP contribution in [0.1, 0.15) is 49.0 Å². The molecule has 5 nitrogen and oxygen atoms in total. The fourth-order valence-corrected chi connectivity index (χ4v) is 4.98. The minimum atomic E-state index is -3.58. The first-order valence-corrected chi connectivity index (χ1v) is 11.4. The molecule has 2 aromatic rings. The molecule has 1 atom stereocenters. The number of carbonyl (C=O) groups is 1. The van der Waals surface area contributed by atoms with Crippen molar-refractivity contribution in [1.29, 1.82) is 0 Å². The van der Waals surface area contributed by atoms with Crippen LogP contribution in [0, 0.1) is 0 Å². The number of hydrogen-bond donors (Lipinski definition) is 1. The molecule has 0 bridgehead atoms. The average molecular weight is 421 g/mol. The molecule has 0 aliphatic carbocycles. The zero-order valence-electron chi connectivity index (χ0n) is 16.1. The van der Waals surface area contributed by atoms with Crippen molar-refractivity contribution in [3.8, 4) is 0 Å². The van der Waals surface area contributed by atoms with Crippen molar-refractivity contribution in [2.75, 3.05) is 11.4 Å². The average Bonchev–Trinajstić information content (AvgIpc) is 2.67. The lowest BCUT2D eigenvalue weighted by atomic mass is 10.0. The SMILES string of the molecule is CCCC(C)NS(=O)(=O)c1ccc2c(c1)CCCN2C(=O)c1ccc(Cl)cc1. The van der Waals surface area contributed by atoms with Crippen LogP contribution >= 0.6 is 11.6 Å². The normalized spacial score (nSPS) is 15.2. The number of anilines is 1. The van der Waals surface area contributed by atoms with Gasteiger partial charge in [0.05, 0.1) is 4.90 Å². The highest BCUT2D eigenvalue weighted by Crippen LogP contribution is 2.31. The van der Waals surface area contributed by atoms with E-state index in [9.17, 15) is 13.2 Å². The first-order chi connectivity index (χ1) is 13.3. The zero-order valence-corrected chi connectivity index (χ0v) is 17.7. The third kappa shape index (κ3) is 4.57. The van der Waals surface area contributed by atoms with Crippen LogP contribution in [-0.4, -0.2) is 26.9 Å². The maximum absolute atomic E-state index is 12.9. The lowest BCUT2D eigenvalue weighted by Gasteiger charge is -2.30. The Labute approximate surface area is 171 Å². The molecule has 3 rings (SSSR count). The number of halogens is 1. The van der Waals surface area contributed by atoms with Crippen LogP contribution in [0.3, 0.4) is 0 Å². The molecule has 0 fully saturated rings. The number of sulfonamides is 1. The molecule has 1 heterocycles. The highest BCUT2D eigenvalue weighted by molar-refractivity contribution is 7.89. The van der Waals surface area contributed by atoms with Crippen molar-refractivity contribution in [2.24, 2.45) is 0 Å². The van der Waals surface area contributed by atoms with Crippen LogP contribution in [0.5, 0.6) is 0 Å². The molecule has 2 aromatic carbocycles. The molecule has 1 aliphatic heterocycles. The van der Waals surface area contributed by atoms with Gasteiger partial charge in [0.15, 0.2) is 0 Å². The molecule has 1 aliphatic rings. The number of fused-ring (bicyclic) bond motifs is 1. The van der Waals surface area contributed by atoms with Crippen LogP contribution in [0.25, 0.3) is 0 Å². The number of carbonyl (C=O) groups excluding carboxylic acids is 1. The molecule has 1 amide bonds. The Morgan fingerprint density at radius 1 is 1.21 bits per heavy atom. The number of nitrogens with one attached hydrogen (secondary N) is 1. The van der Waals surface area contributed by atoms with E-state index in [2.05, 4.69) is 4.72 Å². The third-order valence-electron chi connectivity index (χ3n) is 4.89. The molecule has 1 N–H and O–H groups in total. The minimum Gasteiger partial charge on any atom is -0.308 e. The van der Waals surface area contributed by atoms with E-state index in [0.717, 1.165) is 36.9 Å². The van der Waals surface area contributed by atoms with Crippen molar-refractivity contribution >= 4 is 33.2 Å². The van der Waals surface area contributed by atoms with E-state index in [4.69, 9.17) is 11.6 Å². The maximum Gasteiger partial charge on any atom is 0.258 e. The predicted molar refractivity (Wildman–Crippen MR) is 113 cm³/mol. The van der Waals surface area contributed by atoms with Crippen molar-refractivity contribution in [1.82, 2.24) is 4.72 Å². The van der Waals surface area contributed by atoms with Crippen LogP contribution in [0.2, 0.25) is 5.02 Å². The second kappa shape index (κ2) is 8.64. The van der Waals surface area contributed by atoms with Crippen molar-refractivity contribution in [3.63, 3.8) is 0 Å². The molecule has 0 radical (unpaired) electrons. The van der Waals surface area contributed by atoms with Gasteiger partial charge in [-0.1, -0.05) is 24.9 Å². The topological polar surface area (TPSA) is 66.5 Å². The lowest BCUT2D eigenvalue weighted by Crippen LogP contribution is -2.36. The molecule has 0 saturated heterocycles. The summed E-state index contributed by atoms with van der Waals surface area (Å²) < 4.78 is 28.1. The second-order valence-corrected chi connectivity index (χ2v) is 9.32. The molecule has 7 heteroatoms.